The number of thiocarbonyl (C=S) groups is 1. The monoisotopic (exact) mass is 414 g/mol. The van der Waals surface area contributed by atoms with Crippen LogP contribution in [0.25, 0.3) is 0 Å². The average molecular weight is 415 g/mol. The van der Waals surface area contributed by atoms with Gasteiger partial charge in [-0.15, -0.1) is 0 Å². The molecule has 0 saturated heterocycles. The molecular formula is C19H24Cl2N2O2S. The van der Waals surface area contributed by atoms with Gasteiger partial charge in [0.15, 0.2) is 16.7 Å². The number of rotatable bonds is 6. The minimum atomic E-state index is -0.0324. The number of carbonyl (C=O) groups excluding carboxylic acids is 1. The number of Topliss-reactive ketones (excluding diaryl/α,β-unsaturated/α-hetero) is 1. The van der Waals surface area contributed by atoms with Crippen LogP contribution in [0.1, 0.15) is 44.2 Å². The van der Waals surface area contributed by atoms with Crippen LogP contribution in [0.5, 0.6) is 0 Å². The molecule has 0 unspecified atom stereocenters. The maximum absolute atomic E-state index is 10.4. The zero-order chi connectivity index (χ0) is 19.5. The number of nitrogens with one attached hydrogen (secondary N) is 1. The third-order valence-electron chi connectivity index (χ3n) is 3.26. The molecule has 0 aliphatic rings. The van der Waals surface area contributed by atoms with E-state index >= 15 is 0 Å². The van der Waals surface area contributed by atoms with E-state index in [0.29, 0.717) is 15.8 Å². The first kappa shape index (κ1) is 22.5. The number of carbonyl (C=O) groups is 1. The average Bonchev–Trinajstić information content (AvgIpc) is 3.09. The lowest BCUT2D eigenvalue weighted by atomic mass is 10.3. The van der Waals surface area contributed by atoms with Crippen LogP contribution in [0.15, 0.2) is 41.0 Å². The largest absolute Gasteiger partial charge is 0.461 e. The number of hydrogen-bond donors (Lipinski definition) is 1. The van der Waals surface area contributed by atoms with Gasteiger partial charge in [0, 0.05) is 35.7 Å². The number of nitrogens with zero attached hydrogens (tertiary/aromatic N) is 1. The van der Waals surface area contributed by atoms with Crippen LogP contribution in [0.4, 0.5) is 5.69 Å². The Bertz CT molecular complexity index is 679. The van der Waals surface area contributed by atoms with Gasteiger partial charge in [-0.05, 0) is 55.4 Å². The standard InChI is InChI=1S/C13H18Cl2N2S.C6H6O2/c1-3-5-17(6-4-2)13(18)16-12-8-10(14)7-11(15)9-12;1-5(7)6-3-2-4-8-6/h7-9H,3-6H2,1-2H3,(H,16,18);2-4H,1H3. The number of ketones is 1. The minimum Gasteiger partial charge on any atom is -0.461 e. The zero-order valence-electron chi connectivity index (χ0n) is 15.2. The van der Waals surface area contributed by atoms with Crippen LogP contribution in [-0.4, -0.2) is 28.9 Å². The summed E-state index contributed by atoms with van der Waals surface area (Å²) in [4.78, 5) is 12.6. The Kier molecular flexibility index (Phi) is 10.3. The molecule has 142 valence electrons. The number of halogens is 2. The Labute approximate surface area is 170 Å². The molecule has 1 aromatic carbocycles. The number of benzene rings is 1. The summed E-state index contributed by atoms with van der Waals surface area (Å²) < 4.78 is 4.75. The fourth-order valence-corrected chi connectivity index (χ4v) is 2.99. The lowest BCUT2D eigenvalue weighted by Gasteiger charge is -2.25. The summed E-state index contributed by atoms with van der Waals surface area (Å²) in [6.07, 6.45) is 3.62. The molecule has 1 heterocycles. The second-order valence-corrected chi connectivity index (χ2v) is 6.87. The topological polar surface area (TPSA) is 45.5 Å². The van der Waals surface area contributed by atoms with Gasteiger partial charge in [0.25, 0.3) is 0 Å². The molecule has 7 heteroatoms. The van der Waals surface area contributed by atoms with Crippen molar-refractivity contribution < 1.29 is 9.21 Å². The Balaban J connectivity index is 0.000000350. The third-order valence-corrected chi connectivity index (χ3v) is 4.05. The first-order chi connectivity index (χ1) is 12.4. The van der Waals surface area contributed by atoms with Gasteiger partial charge < -0.3 is 14.6 Å². The van der Waals surface area contributed by atoms with Crippen molar-refractivity contribution in [3.05, 3.63) is 52.4 Å². The Morgan fingerprint density at radius 2 is 1.73 bits per heavy atom. The molecule has 1 N–H and O–H groups in total. The molecule has 2 rings (SSSR count). The van der Waals surface area contributed by atoms with E-state index in [2.05, 4.69) is 24.1 Å². The van der Waals surface area contributed by atoms with Crippen molar-refractivity contribution in [3.63, 3.8) is 0 Å². The second kappa shape index (κ2) is 11.9. The summed E-state index contributed by atoms with van der Waals surface area (Å²) in [5, 5.41) is 5.11. The van der Waals surface area contributed by atoms with Crippen molar-refractivity contribution in [1.82, 2.24) is 4.90 Å². The highest BCUT2D eigenvalue weighted by Gasteiger charge is 2.08. The summed E-state index contributed by atoms with van der Waals surface area (Å²) in [6, 6.07) is 8.66. The summed E-state index contributed by atoms with van der Waals surface area (Å²) in [6.45, 7) is 7.66. The van der Waals surface area contributed by atoms with Crippen molar-refractivity contribution in [3.8, 4) is 0 Å². The Morgan fingerprint density at radius 3 is 2.12 bits per heavy atom. The van der Waals surface area contributed by atoms with E-state index < -0.39 is 0 Å². The molecule has 1 aromatic heterocycles. The van der Waals surface area contributed by atoms with E-state index in [1.165, 1.54) is 13.2 Å². The van der Waals surface area contributed by atoms with E-state index in [9.17, 15) is 4.79 Å². The molecule has 26 heavy (non-hydrogen) atoms. The highest BCUT2D eigenvalue weighted by atomic mass is 35.5. The second-order valence-electron chi connectivity index (χ2n) is 5.61. The van der Waals surface area contributed by atoms with Crippen LogP contribution in [0.2, 0.25) is 10.0 Å². The van der Waals surface area contributed by atoms with Gasteiger partial charge in [0.05, 0.1) is 6.26 Å². The predicted octanol–water partition coefficient (Wildman–Crippen LogP) is 6.29. The smallest absolute Gasteiger partial charge is 0.194 e. The van der Waals surface area contributed by atoms with Gasteiger partial charge >= 0.3 is 0 Å². The molecule has 0 radical (unpaired) electrons. The summed E-state index contributed by atoms with van der Waals surface area (Å²) in [5.74, 6) is 0.389. The van der Waals surface area contributed by atoms with Crippen molar-refractivity contribution >= 4 is 52.0 Å². The highest BCUT2D eigenvalue weighted by molar-refractivity contribution is 7.80. The van der Waals surface area contributed by atoms with Crippen molar-refractivity contribution in [2.75, 3.05) is 18.4 Å². The van der Waals surface area contributed by atoms with Crippen molar-refractivity contribution in [2.24, 2.45) is 0 Å². The van der Waals surface area contributed by atoms with Crippen LogP contribution in [-0.2, 0) is 0 Å². The minimum absolute atomic E-state index is 0.0324. The molecule has 0 spiro atoms. The van der Waals surface area contributed by atoms with Crippen molar-refractivity contribution in [2.45, 2.75) is 33.6 Å². The van der Waals surface area contributed by atoms with Gasteiger partial charge in [0.1, 0.15) is 0 Å². The molecular weight excluding hydrogens is 391 g/mol. The fourth-order valence-electron chi connectivity index (χ4n) is 2.16. The molecule has 0 fully saturated rings. The number of hydrogen-bond acceptors (Lipinski definition) is 3. The fraction of sp³-hybridized carbons (Fsp3) is 0.368. The molecule has 0 aliphatic carbocycles. The quantitative estimate of drug-likeness (QED) is 0.443. The molecule has 0 bridgehead atoms. The zero-order valence-corrected chi connectivity index (χ0v) is 17.5. The van der Waals surface area contributed by atoms with Gasteiger partial charge in [-0.2, -0.15) is 0 Å². The Hall–Kier alpha value is -1.56. The predicted molar refractivity (Wildman–Crippen MR) is 114 cm³/mol. The summed E-state index contributed by atoms with van der Waals surface area (Å²) in [7, 11) is 0. The Morgan fingerprint density at radius 1 is 1.15 bits per heavy atom. The van der Waals surface area contributed by atoms with Crippen LogP contribution < -0.4 is 5.32 Å². The number of furan rings is 1. The molecule has 0 saturated carbocycles. The molecule has 2 aromatic rings. The van der Waals surface area contributed by atoms with Gasteiger partial charge in [-0.3, -0.25) is 4.79 Å². The van der Waals surface area contributed by atoms with E-state index in [1.54, 1.807) is 18.2 Å². The normalized spacial score (nSPS) is 9.88. The summed E-state index contributed by atoms with van der Waals surface area (Å²) >= 11 is 17.3. The van der Waals surface area contributed by atoms with Gasteiger partial charge in [0.2, 0.25) is 0 Å². The first-order valence-corrected chi connectivity index (χ1v) is 9.60. The van der Waals surface area contributed by atoms with Crippen LogP contribution >= 0.6 is 35.4 Å². The van der Waals surface area contributed by atoms with E-state index in [-0.39, 0.29) is 5.78 Å². The molecule has 4 nitrogen and oxygen atoms in total. The summed E-state index contributed by atoms with van der Waals surface area (Å²) in [5.41, 5.74) is 0.828. The van der Waals surface area contributed by atoms with Crippen molar-refractivity contribution in [1.29, 1.82) is 0 Å². The van der Waals surface area contributed by atoms with Gasteiger partial charge in [-0.1, -0.05) is 37.0 Å². The third kappa shape index (κ3) is 8.21. The first-order valence-electron chi connectivity index (χ1n) is 8.43. The molecule has 0 aliphatic heterocycles. The maximum Gasteiger partial charge on any atom is 0.194 e. The van der Waals surface area contributed by atoms with Gasteiger partial charge in [-0.25, -0.2) is 0 Å². The van der Waals surface area contributed by atoms with Crippen LogP contribution in [0.3, 0.4) is 0 Å². The molecule has 0 amide bonds. The lowest BCUT2D eigenvalue weighted by Crippen LogP contribution is -2.35. The van der Waals surface area contributed by atoms with E-state index in [0.717, 1.165) is 36.7 Å². The van der Waals surface area contributed by atoms with Crippen LogP contribution in [0, 0.1) is 0 Å². The maximum atomic E-state index is 10.4. The molecule has 0 atom stereocenters. The SMILES string of the molecule is CC(=O)c1ccco1.CCCN(CCC)C(=S)Nc1cc(Cl)cc(Cl)c1. The number of anilines is 1. The van der Waals surface area contributed by atoms with E-state index in [1.807, 2.05) is 12.1 Å². The highest BCUT2D eigenvalue weighted by Crippen LogP contribution is 2.22. The van der Waals surface area contributed by atoms with E-state index in [4.69, 9.17) is 39.8 Å². The lowest BCUT2D eigenvalue weighted by molar-refractivity contribution is 0.0987.